The standard InChI is InChI=1S/C16H25N3O/c1-12(2)19-9-8-18(4)15(11-19)13-6-5-7-14(10-13)16(20)17-3/h5-7,10,12,15H,8-9,11H2,1-4H3,(H,17,20). The summed E-state index contributed by atoms with van der Waals surface area (Å²) in [6, 6.07) is 8.90. The summed E-state index contributed by atoms with van der Waals surface area (Å²) in [5, 5.41) is 2.69. The first-order valence-corrected chi connectivity index (χ1v) is 7.29. The number of rotatable bonds is 3. The van der Waals surface area contributed by atoms with Gasteiger partial charge in [-0.25, -0.2) is 0 Å². The molecule has 1 N–H and O–H groups in total. The van der Waals surface area contributed by atoms with Crippen molar-refractivity contribution in [1.29, 1.82) is 0 Å². The molecule has 1 heterocycles. The lowest BCUT2D eigenvalue weighted by molar-refractivity contribution is 0.0744. The van der Waals surface area contributed by atoms with Crippen LogP contribution in [0.25, 0.3) is 0 Å². The molecular weight excluding hydrogens is 250 g/mol. The van der Waals surface area contributed by atoms with E-state index >= 15 is 0 Å². The number of hydrogen-bond acceptors (Lipinski definition) is 3. The Morgan fingerprint density at radius 2 is 2.10 bits per heavy atom. The number of carbonyl (C=O) groups is 1. The van der Waals surface area contributed by atoms with Crippen LogP contribution in [0.5, 0.6) is 0 Å². The molecule has 2 rings (SSSR count). The monoisotopic (exact) mass is 275 g/mol. The van der Waals surface area contributed by atoms with Crippen LogP contribution in [-0.4, -0.2) is 55.5 Å². The summed E-state index contributed by atoms with van der Waals surface area (Å²) in [6.45, 7) is 7.67. The third-order valence-corrected chi connectivity index (χ3v) is 4.17. The molecule has 1 atom stereocenters. The molecule has 0 saturated carbocycles. The van der Waals surface area contributed by atoms with Crippen LogP contribution >= 0.6 is 0 Å². The number of nitrogens with one attached hydrogen (secondary N) is 1. The predicted octanol–water partition coefficient (Wildman–Crippen LogP) is 1.74. The van der Waals surface area contributed by atoms with Crippen molar-refractivity contribution in [2.75, 3.05) is 33.7 Å². The molecule has 1 fully saturated rings. The molecular formula is C16H25N3O. The number of piperazine rings is 1. The number of nitrogens with zero attached hydrogens (tertiary/aromatic N) is 2. The van der Waals surface area contributed by atoms with Gasteiger partial charge in [-0.3, -0.25) is 14.6 Å². The van der Waals surface area contributed by atoms with Crippen LogP contribution in [-0.2, 0) is 0 Å². The van der Waals surface area contributed by atoms with Crippen molar-refractivity contribution < 1.29 is 4.79 Å². The van der Waals surface area contributed by atoms with Gasteiger partial charge in [-0.15, -0.1) is 0 Å². The second kappa shape index (κ2) is 6.37. The Morgan fingerprint density at radius 3 is 2.75 bits per heavy atom. The van der Waals surface area contributed by atoms with E-state index in [1.54, 1.807) is 7.05 Å². The van der Waals surface area contributed by atoms with Crippen LogP contribution in [0.4, 0.5) is 0 Å². The van der Waals surface area contributed by atoms with Gasteiger partial charge in [0.15, 0.2) is 0 Å². The molecule has 0 aromatic heterocycles. The molecule has 4 heteroatoms. The molecule has 1 aromatic rings. The summed E-state index contributed by atoms with van der Waals surface area (Å²) in [5.74, 6) is -0.0222. The minimum Gasteiger partial charge on any atom is -0.355 e. The molecule has 1 amide bonds. The van der Waals surface area contributed by atoms with Crippen LogP contribution in [0, 0.1) is 0 Å². The van der Waals surface area contributed by atoms with Gasteiger partial charge in [0.05, 0.1) is 0 Å². The first-order valence-electron chi connectivity index (χ1n) is 7.29. The fourth-order valence-corrected chi connectivity index (χ4v) is 2.76. The Kier molecular flexibility index (Phi) is 4.78. The van der Waals surface area contributed by atoms with E-state index in [-0.39, 0.29) is 5.91 Å². The first kappa shape index (κ1) is 15.0. The zero-order valence-corrected chi connectivity index (χ0v) is 12.9. The fraction of sp³-hybridized carbons (Fsp3) is 0.562. The zero-order valence-electron chi connectivity index (χ0n) is 12.9. The van der Waals surface area contributed by atoms with Gasteiger partial charge in [-0.1, -0.05) is 12.1 Å². The second-order valence-corrected chi connectivity index (χ2v) is 5.79. The van der Waals surface area contributed by atoms with Crippen LogP contribution < -0.4 is 5.32 Å². The van der Waals surface area contributed by atoms with Crippen molar-refractivity contribution in [2.24, 2.45) is 0 Å². The highest BCUT2D eigenvalue weighted by atomic mass is 16.1. The number of likely N-dealkylation sites (N-methyl/N-ethyl adjacent to an activating group) is 1. The number of carbonyl (C=O) groups excluding carboxylic acids is 1. The second-order valence-electron chi connectivity index (χ2n) is 5.79. The Morgan fingerprint density at radius 1 is 1.35 bits per heavy atom. The molecule has 0 bridgehead atoms. The maximum atomic E-state index is 11.8. The van der Waals surface area contributed by atoms with Gasteiger partial charge in [-0.05, 0) is 38.6 Å². The van der Waals surface area contributed by atoms with E-state index < -0.39 is 0 Å². The maximum Gasteiger partial charge on any atom is 0.251 e. The zero-order chi connectivity index (χ0) is 14.7. The van der Waals surface area contributed by atoms with Crippen LogP contribution in [0.1, 0.15) is 35.8 Å². The van der Waals surface area contributed by atoms with Crippen molar-refractivity contribution in [2.45, 2.75) is 25.9 Å². The van der Waals surface area contributed by atoms with E-state index in [1.807, 2.05) is 18.2 Å². The van der Waals surface area contributed by atoms with Crippen LogP contribution in [0.15, 0.2) is 24.3 Å². The van der Waals surface area contributed by atoms with Gasteiger partial charge < -0.3 is 5.32 Å². The van der Waals surface area contributed by atoms with E-state index in [0.29, 0.717) is 12.1 Å². The highest BCUT2D eigenvalue weighted by molar-refractivity contribution is 5.94. The third kappa shape index (κ3) is 3.19. The van der Waals surface area contributed by atoms with E-state index in [4.69, 9.17) is 0 Å². The van der Waals surface area contributed by atoms with Gasteiger partial charge in [0, 0.05) is 44.3 Å². The molecule has 110 valence electrons. The molecule has 4 nitrogen and oxygen atoms in total. The van der Waals surface area contributed by atoms with Crippen molar-refractivity contribution >= 4 is 5.91 Å². The van der Waals surface area contributed by atoms with Crippen molar-refractivity contribution in [3.8, 4) is 0 Å². The molecule has 1 aliphatic heterocycles. The van der Waals surface area contributed by atoms with Crippen LogP contribution in [0.2, 0.25) is 0 Å². The van der Waals surface area contributed by atoms with E-state index in [1.165, 1.54) is 5.56 Å². The summed E-state index contributed by atoms with van der Waals surface area (Å²) >= 11 is 0. The Bertz CT molecular complexity index is 473. The van der Waals surface area contributed by atoms with Gasteiger partial charge in [0.25, 0.3) is 5.91 Å². The SMILES string of the molecule is CNC(=O)c1cccc(C2CN(C(C)C)CCN2C)c1. The number of amides is 1. The molecule has 0 spiro atoms. The molecule has 1 saturated heterocycles. The minimum atomic E-state index is -0.0222. The summed E-state index contributed by atoms with van der Waals surface area (Å²) in [6.07, 6.45) is 0. The molecule has 1 unspecified atom stereocenters. The average molecular weight is 275 g/mol. The highest BCUT2D eigenvalue weighted by Crippen LogP contribution is 2.25. The van der Waals surface area contributed by atoms with E-state index in [2.05, 4.69) is 42.1 Å². The Balaban J connectivity index is 2.22. The fourth-order valence-electron chi connectivity index (χ4n) is 2.76. The number of hydrogen-bond donors (Lipinski definition) is 1. The molecule has 1 aromatic carbocycles. The van der Waals surface area contributed by atoms with Gasteiger partial charge in [0.1, 0.15) is 0 Å². The Labute approximate surface area is 121 Å². The Hall–Kier alpha value is -1.39. The summed E-state index contributed by atoms with van der Waals surface area (Å²) in [5.41, 5.74) is 1.96. The maximum absolute atomic E-state index is 11.8. The van der Waals surface area contributed by atoms with E-state index in [0.717, 1.165) is 25.2 Å². The van der Waals surface area contributed by atoms with Gasteiger partial charge >= 0.3 is 0 Å². The topological polar surface area (TPSA) is 35.6 Å². The minimum absolute atomic E-state index is 0.0222. The van der Waals surface area contributed by atoms with Crippen molar-refractivity contribution in [3.05, 3.63) is 35.4 Å². The molecule has 1 aliphatic rings. The number of benzene rings is 1. The largest absolute Gasteiger partial charge is 0.355 e. The highest BCUT2D eigenvalue weighted by Gasteiger charge is 2.27. The quantitative estimate of drug-likeness (QED) is 0.913. The summed E-state index contributed by atoms with van der Waals surface area (Å²) < 4.78 is 0. The average Bonchev–Trinajstić information content (AvgIpc) is 2.46. The lowest BCUT2D eigenvalue weighted by atomic mass is 9.99. The summed E-state index contributed by atoms with van der Waals surface area (Å²) in [4.78, 5) is 16.6. The lowest BCUT2D eigenvalue weighted by Gasteiger charge is -2.41. The van der Waals surface area contributed by atoms with Gasteiger partial charge in [-0.2, -0.15) is 0 Å². The predicted molar refractivity (Wildman–Crippen MR) is 81.9 cm³/mol. The smallest absolute Gasteiger partial charge is 0.251 e. The van der Waals surface area contributed by atoms with Crippen molar-refractivity contribution in [3.63, 3.8) is 0 Å². The molecule has 20 heavy (non-hydrogen) atoms. The molecule has 0 radical (unpaired) electrons. The van der Waals surface area contributed by atoms with E-state index in [9.17, 15) is 4.79 Å². The van der Waals surface area contributed by atoms with Crippen molar-refractivity contribution in [1.82, 2.24) is 15.1 Å². The first-order chi connectivity index (χ1) is 9.52. The summed E-state index contributed by atoms with van der Waals surface area (Å²) in [7, 11) is 3.83. The van der Waals surface area contributed by atoms with Gasteiger partial charge in [0.2, 0.25) is 0 Å². The normalized spacial score (nSPS) is 21.1. The van der Waals surface area contributed by atoms with Crippen LogP contribution in [0.3, 0.4) is 0 Å². The lowest BCUT2D eigenvalue weighted by Crippen LogP contribution is -2.49. The molecule has 0 aliphatic carbocycles. The third-order valence-electron chi connectivity index (χ3n) is 4.17.